The lowest BCUT2D eigenvalue weighted by Gasteiger charge is -2.35. The summed E-state index contributed by atoms with van der Waals surface area (Å²) in [4.78, 5) is 24.7. The number of aliphatic hydroxyl groups excluding tert-OH is 1. The van der Waals surface area contributed by atoms with E-state index in [4.69, 9.17) is 0 Å². The maximum atomic E-state index is 12.5. The van der Waals surface area contributed by atoms with Crippen LogP contribution in [0.25, 0.3) is 0 Å². The number of carbonyl (C=O) groups is 2. The van der Waals surface area contributed by atoms with E-state index in [1.165, 1.54) is 0 Å². The molecule has 0 radical (unpaired) electrons. The zero-order valence-corrected chi connectivity index (χ0v) is 28.9. The smallest absolute Gasteiger partial charge is 0.187 e. The Morgan fingerprint density at radius 2 is 0.977 bits per heavy atom. The van der Waals surface area contributed by atoms with Gasteiger partial charge in [-0.15, -0.1) is 0 Å². The number of ketones is 2. The number of rotatable bonds is 10. The third kappa shape index (κ3) is 10.6. The minimum Gasteiger partial charge on any atom is -0.385 e. The van der Waals surface area contributed by atoms with Crippen LogP contribution in [-0.2, 0) is 9.59 Å². The molecule has 0 aromatic heterocycles. The van der Waals surface area contributed by atoms with Gasteiger partial charge in [-0.25, -0.2) is 0 Å². The fraction of sp³-hybridized carbons (Fsp3) is 0.415. The van der Waals surface area contributed by atoms with Crippen LogP contribution < -0.4 is 0 Å². The van der Waals surface area contributed by atoms with Gasteiger partial charge in [0.1, 0.15) is 6.10 Å². The predicted molar refractivity (Wildman–Crippen MR) is 188 cm³/mol. The van der Waals surface area contributed by atoms with E-state index in [0.29, 0.717) is 12.0 Å². The molecule has 0 spiro atoms. The van der Waals surface area contributed by atoms with Crippen molar-refractivity contribution in [3.05, 3.63) is 130 Å². The van der Waals surface area contributed by atoms with Crippen LogP contribution >= 0.6 is 0 Å². The number of aliphatic hydroxyl groups is 1. The fourth-order valence-corrected chi connectivity index (χ4v) is 6.03. The van der Waals surface area contributed by atoms with Gasteiger partial charge in [-0.2, -0.15) is 0 Å². The highest BCUT2D eigenvalue weighted by atomic mass is 16.3. The Labute approximate surface area is 267 Å². The van der Waals surface area contributed by atoms with Crippen molar-refractivity contribution in [2.45, 2.75) is 95.1 Å². The van der Waals surface area contributed by atoms with Crippen LogP contribution in [0, 0.1) is 16.7 Å². The van der Waals surface area contributed by atoms with Gasteiger partial charge in [0, 0.05) is 5.92 Å². The third-order valence-electron chi connectivity index (χ3n) is 8.57. The Morgan fingerprint density at radius 1 is 0.614 bits per heavy atom. The van der Waals surface area contributed by atoms with Crippen molar-refractivity contribution in [2.75, 3.05) is 0 Å². The molecule has 0 amide bonds. The standard InChI is InChI=1S/C41H54O3/c1-28(18-14-20-30(3)22-24-35-33(6)38(43)32(5)26-40(35,8)9)16-12-13-17-29(2)19-15-21-31(4)23-25-36-34(7)39(44)37(42)27-41(36,10)11/h12-25,32,37,42H,26-27H2,1-11H3/b13-12+,18-14+,19-15+,24-22+,25-23+,28-16+,29-17+,30-20+,31-21+. The lowest BCUT2D eigenvalue weighted by Crippen LogP contribution is -2.35. The van der Waals surface area contributed by atoms with Crippen LogP contribution in [0.4, 0.5) is 0 Å². The Morgan fingerprint density at radius 3 is 1.43 bits per heavy atom. The van der Waals surface area contributed by atoms with E-state index in [9.17, 15) is 14.7 Å². The second kappa shape index (κ2) is 16.0. The Bertz CT molecular complexity index is 1340. The van der Waals surface area contributed by atoms with Crippen molar-refractivity contribution in [2.24, 2.45) is 16.7 Å². The van der Waals surface area contributed by atoms with E-state index in [2.05, 4.69) is 97.1 Å². The average molecular weight is 595 g/mol. The molecule has 2 rings (SSSR count). The normalized spacial score (nSPS) is 24.5. The number of allylic oxidation sites excluding steroid dienone is 21. The molecule has 2 atom stereocenters. The first-order valence-electron chi connectivity index (χ1n) is 15.7. The largest absolute Gasteiger partial charge is 0.385 e. The van der Waals surface area contributed by atoms with Crippen LogP contribution in [0.3, 0.4) is 0 Å². The molecule has 44 heavy (non-hydrogen) atoms. The van der Waals surface area contributed by atoms with Crippen molar-refractivity contribution in [1.29, 1.82) is 0 Å². The summed E-state index contributed by atoms with van der Waals surface area (Å²) in [5.74, 6) is 0.194. The van der Waals surface area contributed by atoms with Gasteiger partial charge in [0.15, 0.2) is 11.6 Å². The van der Waals surface area contributed by atoms with Crippen molar-refractivity contribution < 1.29 is 14.7 Å². The number of hydrogen-bond acceptors (Lipinski definition) is 3. The van der Waals surface area contributed by atoms with E-state index in [1.54, 1.807) is 6.92 Å². The Kier molecular flexibility index (Phi) is 13.3. The summed E-state index contributed by atoms with van der Waals surface area (Å²) in [7, 11) is 0. The molecule has 0 bridgehead atoms. The molecule has 0 aromatic rings. The van der Waals surface area contributed by atoms with Gasteiger partial charge in [-0.1, -0.05) is 142 Å². The van der Waals surface area contributed by atoms with E-state index < -0.39 is 6.10 Å². The van der Waals surface area contributed by atoms with Gasteiger partial charge in [0.25, 0.3) is 0 Å². The van der Waals surface area contributed by atoms with Crippen LogP contribution in [0.1, 0.15) is 89.0 Å². The van der Waals surface area contributed by atoms with Crippen LogP contribution in [0.5, 0.6) is 0 Å². The monoisotopic (exact) mass is 594 g/mol. The lowest BCUT2D eigenvalue weighted by atomic mass is 9.68. The highest BCUT2D eigenvalue weighted by Crippen LogP contribution is 2.42. The van der Waals surface area contributed by atoms with Crippen molar-refractivity contribution >= 4 is 11.6 Å². The molecule has 0 saturated carbocycles. The molecule has 0 fully saturated rings. The molecule has 236 valence electrons. The topological polar surface area (TPSA) is 54.4 Å². The molecule has 2 aliphatic rings. The summed E-state index contributed by atoms with van der Waals surface area (Å²) in [5, 5.41) is 10.0. The van der Waals surface area contributed by atoms with Crippen LogP contribution in [0.15, 0.2) is 130 Å². The maximum absolute atomic E-state index is 12.5. The SMILES string of the molecule is CC1=C(/C=C/C(C)=C/C=C/C(C)=C/C=C/C=C(C)/C=C/C=C(C)/C=C/C2=C(C)C(=O)C(O)CC2(C)C)C(C)(C)CC(C)C1=O. The Balaban J connectivity index is 1.95. The minimum atomic E-state index is -0.901. The molecule has 0 saturated heterocycles. The first kappa shape index (κ1) is 36.6. The molecule has 2 unspecified atom stereocenters. The number of Topliss-reactive ketones (excluding diaryl/α,β-unsaturated/α-hetero) is 2. The molecule has 0 aliphatic heterocycles. The molecule has 0 heterocycles. The first-order chi connectivity index (χ1) is 20.5. The van der Waals surface area contributed by atoms with Crippen LogP contribution in [-0.4, -0.2) is 22.8 Å². The van der Waals surface area contributed by atoms with E-state index in [-0.39, 0.29) is 28.3 Å². The lowest BCUT2D eigenvalue weighted by molar-refractivity contribution is -0.125. The number of hydrogen-bond donors (Lipinski definition) is 1. The van der Waals surface area contributed by atoms with Gasteiger partial charge in [-0.05, 0) is 87.5 Å². The summed E-state index contributed by atoms with van der Waals surface area (Å²) < 4.78 is 0. The summed E-state index contributed by atoms with van der Waals surface area (Å²) >= 11 is 0. The van der Waals surface area contributed by atoms with Crippen molar-refractivity contribution in [3.8, 4) is 0 Å². The summed E-state index contributed by atoms with van der Waals surface area (Å²) in [5.41, 5.74) is 7.95. The molecule has 3 heteroatoms. The third-order valence-corrected chi connectivity index (χ3v) is 8.57. The zero-order chi connectivity index (χ0) is 33.2. The van der Waals surface area contributed by atoms with E-state index in [1.807, 2.05) is 57.2 Å². The van der Waals surface area contributed by atoms with Gasteiger partial charge in [-0.3, -0.25) is 9.59 Å². The number of carbonyl (C=O) groups excluding carboxylic acids is 2. The van der Waals surface area contributed by atoms with E-state index in [0.717, 1.165) is 45.4 Å². The maximum Gasteiger partial charge on any atom is 0.187 e. The Hall–Kier alpha value is -3.56. The van der Waals surface area contributed by atoms with Gasteiger partial charge in [0.05, 0.1) is 0 Å². The fourth-order valence-electron chi connectivity index (χ4n) is 6.03. The molecule has 0 aromatic carbocycles. The zero-order valence-electron chi connectivity index (χ0n) is 28.9. The van der Waals surface area contributed by atoms with Crippen LogP contribution in [0.2, 0.25) is 0 Å². The molecule has 3 nitrogen and oxygen atoms in total. The average Bonchev–Trinajstić information content (AvgIpc) is 2.92. The van der Waals surface area contributed by atoms with Gasteiger partial charge < -0.3 is 5.11 Å². The first-order valence-corrected chi connectivity index (χ1v) is 15.7. The predicted octanol–water partition coefficient (Wildman–Crippen LogP) is 10.2. The van der Waals surface area contributed by atoms with Gasteiger partial charge in [0.2, 0.25) is 0 Å². The molecular formula is C41H54O3. The molecule has 2 aliphatic carbocycles. The minimum absolute atomic E-state index is 0.00475. The molecular weight excluding hydrogens is 540 g/mol. The summed E-state index contributed by atoms with van der Waals surface area (Å²) in [6, 6.07) is 0. The highest BCUT2D eigenvalue weighted by molar-refractivity contribution is 6.00. The van der Waals surface area contributed by atoms with Crippen molar-refractivity contribution in [3.63, 3.8) is 0 Å². The summed E-state index contributed by atoms with van der Waals surface area (Å²) in [6.45, 7) is 22.6. The second-order valence-electron chi connectivity index (χ2n) is 13.8. The van der Waals surface area contributed by atoms with Crippen molar-refractivity contribution in [1.82, 2.24) is 0 Å². The second-order valence-corrected chi connectivity index (χ2v) is 13.8. The molecule has 1 N–H and O–H groups in total. The highest BCUT2D eigenvalue weighted by Gasteiger charge is 2.37. The summed E-state index contributed by atoms with van der Waals surface area (Å²) in [6.07, 6.45) is 29.3. The van der Waals surface area contributed by atoms with Gasteiger partial charge >= 0.3 is 0 Å². The quantitative estimate of drug-likeness (QED) is 0.256. The van der Waals surface area contributed by atoms with E-state index >= 15 is 0 Å².